The molecule has 0 fully saturated rings. The first-order chi connectivity index (χ1) is 6.63. The van der Waals surface area contributed by atoms with Gasteiger partial charge in [-0.05, 0) is 12.8 Å². The second-order valence-corrected chi connectivity index (χ2v) is 3.42. The van der Waals surface area contributed by atoms with Gasteiger partial charge < -0.3 is 0 Å². The zero-order valence-corrected chi connectivity index (χ0v) is 8.86. The summed E-state index contributed by atoms with van der Waals surface area (Å²) in [4.78, 5) is 12.5. The van der Waals surface area contributed by atoms with E-state index >= 15 is 0 Å². The lowest BCUT2D eigenvalue weighted by atomic mass is 10.1. The van der Waals surface area contributed by atoms with Crippen LogP contribution in [-0.4, -0.2) is 17.9 Å². The molecule has 1 rings (SSSR count). The topological polar surface area (TPSA) is 37.1 Å². The van der Waals surface area contributed by atoms with Crippen molar-refractivity contribution in [3.8, 4) is 0 Å². The lowest BCUT2D eigenvalue weighted by Gasteiger charge is -2.08. The van der Waals surface area contributed by atoms with Crippen molar-refractivity contribution < 1.29 is 0 Å². The molecular weight excluding hydrogens is 174 g/mol. The molecule has 0 amide bonds. The highest BCUT2D eigenvalue weighted by Crippen LogP contribution is 2.08. The molecule has 0 aromatic carbocycles. The van der Waals surface area contributed by atoms with Crippen molar-refractivity contribution in [2.75, 3.05) is 0 Å². The molecule has 3 nitrogen and oxygen atoms in total. The third kappa shape index (κ3) is 2.76. The lowest BCUT2D eigenvalue weighted by molar-refractivity contribution is 0.830. The van der Waals surface area contributed by atoms with Gasteiger partial charge in [0.25, 0.3) is 0 Å². The fourth-order valence-electron chi connectivity index (χ4n) is 1.13. The first-order valence-corrected chi connectivity index (χ1v) is 4.63. The average molecular weight is 189 g/mol. The molecule has 1 aliphatic heterocycles. The highest BCUT2D eigenvalue weighted by Gasteiger charge is 2.08. The van der Waals surface area contributed by atoms with Crippen molar-refractivity contribution in [1.29, 1.82) is 0 Å². The van der Waals surface area contributed by atoms with Crippen LogP contribution >= 0.6 is 0 Å². The van der Waals surface area contributed by atoms with Gasteiger partial charge in [-0.2, -0.15) is 0 Å². The molecule has 0 aliphatic carbocycles. The number of aliphatic imine (C=N–C) groups is 3. The van der Waals surface area contributed by atoms with Crippen molar-refractivity contribution in [3.05, 3.63) is 24.4 Å². The van der Waals surface area contributed by atoms with Gasteiger partial charge >= 0.3 is 0 Å². The Balaban J connectivity index is 3.04. The summed E-state index contributed by atoms with van der Waals surface area (Å²) in [5, 5.41) is 0. The smallest absolute Gasteiger partial charge is 0.162 e. The molecule has 74 valence electrons. The Bertz CT molecular complexity index is 344. The van der Waals surface area contributed by atoms with E-state index in [4.69, 9.17) is 0 Å². The Kier molecular flexibility index (Phi) is 3.51. The predicted octanol–water partition coefficient (Wildman–Crippen LogP) is 2.61. The van der Waals surface area contributed by atoms with Crippen LogP contribution in [0.25, 0.3) is 0 Å². The fraction of sp³-hybridized carbons (Fsp3) is 0.364. The summed E-state index contributed by atoms with van der Waals surface area (Å²) in [6, 6.07) is 0. The molecule has 0 saturated heterocycles. The Morgan fingerprint density at radius 2 is 2.21 bits per heavy atom. The molecule has 0 spiro atoms. The number of rotatable bonds is 2. The number of hydrogen-bond donors (Lipinski definition) is 0. The van der Waals surface area contributed by atoms with Gasteiger partial charge in [0, 0.05) is 18.0 Å². The lowest BCUT2D eigenvalue weighted by Crippen LogP contribution is -2.10. The van der Waals surface area contributed by atoms with Crippen LogP contribution in [-0.2, 0) is 0 Å². The third-order valence-electron chi connectivity index (χ3n) is 1.64. The van der Waals surface area contributed by atoms with Crippen LogP contribution in [0.5, 0.6) is 0 Å². The van der Waals surface area contributed by atoms with Gasteiger partial charge in [-0.25, -0.2) is 15.0 Å². The summed E-state index contributed by atoms with van der Waals surface area (Å²) >= 11 is 0. The molecule has 14 heavy (non-hydrogen) atoms. The Labute approximate surface area is 84.7 Å². The SMILES string of the molecule is C=C/N=C1/N=C(C)N=C/C1=C/C(C)C. The molecular formula is C11H15N3. The Hall–Kier alpha value is -1.51. The van der Waals surface area contributed by atoms with Crippen LogP contribution in [0.2, 0.25) is 0 Å². The molecule has 0 N–H and O–H groups in total. The van der Waals surface area contributed by atoms with Crippen LogP contribution in [0.3, 0.4) is 0 Å². The zero-order chi connectivity index (χ0) is 10.6. The number of hydrogen-bond acceptors (Lipinski definition) is 2. The summed E-state index contributed by atoms with van der Waals surface area (Å²) < 4.78 is 0. The first-order valence-electron chi connectivity index (χ1n) is 4.63. The van der Waals surface area contributed by atoms with Gasteiger partial charge in [-0.1, -0.05) is 26.5 Å². The van der Waals surface area contributed by atoms with Gasteiger partial charge in [0.15, 0.2) is 5.84 Å². The summed E-state index contributed by atoms with van der Waals surface area (Å²) in [7, 11) is 0. The first kappa shape index (κ1) is 10.6. The zero-order valence-electron chi connectivity index (χ0n) is 8.86. The van der Waals surface area contributed by atoms with Crippen LogP contribution in [0, 0.1) is 5.92 Å². The molecule has 0 radical (unpaired) electrons. The highest BCUT2D eigenvalue weighted by atomic mass is 15.0. The standard InChI is InChI=1S/C11H15N3/c1-5-12-11-10(6-8(2)3)7-13-9(4)14-11/h5-8H,1H2,2-4H3/b10-6-,12-11+. The van der Waals surface area contributed by atoms with E-state index in [9.17, 15) is 0 Å². The van der Waals surface area contributed by atoms with Gasteiger partial charge in [-0.3, -0.25) is 0 Å². The summed E-state index contributed by atoms with van der Waals surface area (Å²) in [5.74, 6) is 1.88. The molecule has 0 unspecified atom stereocenters. The van der Waals surface area contributed by atoms with E-state index < -0.39 is 0 Å². The minimum absolute atomic E-state index is 0.458. The molecule has 1 aliphatic rings. The summed E-state index contributed by atoms with van der Waals surface area (Å²) in [6.45, 7) is 9.63. The highest BCUT2D eigenvalue weighted by molar-refractivity contribution is 6.23. The van der Waals surface area contributed by atoms with E-state index in [1.165, 1.54) is 6.20 Å². The maximum absolute atomic E-state index is 4.24. The van der Waals surface area contributed by atoms with Crippen molar-refractivity contribution >= 4 is 17.9 Å². The molecule has 0 atom stereocenters. The van der Waals surface area contributed by atoms with Gasteiger partial charge in [0.1, 0.15) is 5.84 Å². The van der Waals surface area contributed by atoms with Crippen molar-refractivity contribution in [2.45, 2.75) is 20.8 Å². The van der Waals surface area contributed by atoms with Crippen LogP contribution in [0.4, 0.5) is 0 Å². The molecule has 1 heterocycles. The maximum atomic E-state index is 4.24. The second kappa shape index (κ2) is 4.65. The minimum atomic E-state index is 0.458. The van der Waals surface area contributed by atoms with E-state index in [-0.39, 0.29) is 0 Å². The van der Waals surface area contributed by atoms with E-state index in [0.717, 1.165) is 11.4 Å². The van der Waals surface area contributed by atoms with Gasteiger partial charge in [0.05, 0.1) is 0 Å². The monoisotopic (exact) mass is 189 g/mol. The predicted molar refractivity (Wildman–Crippen MR) is 62.2 cm³/mol. The largest absolute Gasteiger partial charge is 0.241 e. The average Bonchev–Trinajstić information content (AvgIpc) is 2.09. The maximum Gasteiger partial charge on any atom is 0.162 e. The van der Waals surface area contributed by atoms with Crippen LogP contribution < -0.4 is 0 Å². The van der Waals surface area contributed by atoms with Crippen LogP contribution in [0.15, 0.2) is 39.4 Å². The van der Waals surface area contributed by atoms with E-state index in [2.05, 4.69) is 41.5 Å². The van der Waals surface area contributed by atoms with Gasteiger partial charge in [0.2, 0.25) is 0 Å². The van der Waals surface area contributed by atoms with Crippen molar-refractivity contribution in [2.24, 2.45) is 20.9 Å². The van der Waals surface area contributed by atoms with E-state index in [1.54, 1.807) is 6.21 Å². The fourth-order valence-corrected chi connectivity index (χ4v) is 1.13. The Morgan fingerprint density at radius 1 is 1.50 bits per heavy atom. The second-order valence-electron chi connectivity index (χ2n) is 3.42. The third-order valence-corrected chi connectivity index (χ3v) is 1.64. The number of amidine groups is 2. The molecule has 3 heteroatoms. The Morgan fingerprint density at radius 3 is 2.79 bits per heavy atom. The van der Waals surface area contributed by atoms with E-state index in [0.29, 0.717) is 11.8 Å². The van der Waals surface area contributed by atoms with Crippen molar-refractivity contribution in [1.82, 2.24) is 0 Å². The molecule has 0 saturated carbocycles. The molecule has 0 aromatic heterocycles. The number of nitrogens with zero attached hydrogens (tertiary/aromatic N) is 3. The molecule has 0 bridgehead atoms. The summed E-state index contributed by atoms with van der Waals surface area (Å²) in [5.41, 5.74) is 0.963. The minimum Gasteiger partial charge on any atom is -0.241 e. The van der Waals surface area contributed by atoms with Crippen molar-refractivity contribution in [3.63, 3.8) is 0 Å². The van der Waals surface area contributed by atoms with Gasteiger partial charge in [-0.15, -0.1) is 0 Å². The van der Waals surface area contributed by atoms with E-state index in [1.807, 2.05) is 6.92 Å². The normalized spacial score (nSPS) is 21.9. The number of allylic oxidation sites excluding steroid dienone is 1. The molecule has 0 aromatic rings. The summed E-state index contributed by atoms with van der Waals surface area (Å²) in [6.07, 6.45) is 5.38. The quantitative estimate of drug-likeness (QED) is 0.640. The van der Waals surface area contributed by atoms with Crippen LogP contribution in [0.1, 0.15) is 20.8 Å².